The molecule has 0 radical (unpaired) electrons. The van der Waals surface area contributed by atoms with Crippen LogP contribution in [0.4, 0.5) is 10.2 Å². The van der Waals surface area contributed by atoms with Crippen molar-refractivity contribution in [1.82, 2.24) is 14.5 Å². The standard InChI is InChI=1S/C19H15FN4O/c1-25-15-8-2-12(3-9-15)16-10-24(14-6-4-13(20)5-7-14)19-17(16)18(21)22-11-23-19/h2-11H,1H3,(H2,21,22,23). The van der Waals surface area contributed by atoms with Gasteiger partial charge in [0.2, 0.25) is 0 Å². The lowest BCUT2D eigenvalue weighted by molar-refractivity contribution is 0.415. The van der Waals surface area contributed by atoms with Crippen molar-refractivity contribution in [3.8, 4) is 22.6 Å². The summed E-state index contributed by atoms with van der Waals surface area (Å²) in [6.07, 6.45) is 3.36. The predicted molar refractivity (Wildman–Crippen MR) is 95.2 cm³/mol. The fourth-order valence-corrected chi connectivity index (χ4v) is 2.87. The quantitative estimate of drug-likeness (QED) is 0.618. The van der Waals surface area contributed by atoms with Gasteiger partial charge in [-0.05, 0) is 42.0 Å². The molecule has 0 spiro atoms. The highest BCUT2D eigenvalue weighted by Gasteiger charge is 2.16. The lowest BCUT2D eigenvalue weighted by Gasteiger charge is -2.04. The van der Waals surface area contributed by atoms with Crippen LogP contribution >= 0.6 is 0 Å². The van der Waals surface area contributed by atoms with E-state index in [1.54, 1.807) is 19.2 Å². The summed E-state index contributed by atoms with van der Waals surface area (Å²) in [5, 5.41) is 0.761. The predicted octanol–water partition coefficient (Wildman–Crippen LogP) is 3.82. The SMILES string of the molecule is COc1ccc(-c2cn(-c3ccc(F)cc3)c3ncnc(N)c23)cc1. The maximum Gasteiger partial charge on any atom is 0.150 e. The van der Waals surface area contributed by atoms with Crippen LogP contribution < -0.4 is 10.5 Å². The van der Waals surface area contributed by atoms with Gasteiger partial charge in [0.25, 0.3) is 0 Å². The first-order valence-electron chi connectivity index (χ1n) is 7.69. The van der Waals surface area contributed by atoms with Crippen LogP contribution in [0.25, 0.3) is 27.8 Å². The lowest BCUT2D eigenvalue weighted by Crippen LogP contribution is -1.96. The number of nitrogens with two attached hydrogens (primary N) is 1. The van der Waals surface area contributed by atoms with Crippen molar-refractivity contribution in [3.05, 3.63) is 66.9 Å². The number of nitrogens with zero attached hydrogens (tertiary/aromatic N) is 3. The Morgan fingerprint density at radius 1 is 1.00 bits per heavy atom. The fraction of sp³-hybridized carbons (Fsp3) is 0.0526. The maximum absolute atomic E-state index is 13.3. The molecule has 0 aliphatic rings. The molecule has 0 amide bonds. The topological polar surface area (TPSA) is 66.0 Å². The summed E-state index contributed by atoms with van der Waals surface area (Å²) < 4.78 is 20.3. The van der Waals surface area contributed by atoms with E-state index in [9.17, 15) is 4.39 Å². The summed E-state index contributed by atoms with van der Waals surface area (Å²) in [6.45, 7) is 0. The molecule has 0 unspecified atom stereocenters. The van der Waals surface area contributed by atoms with Crippen LogP contribution in [0.5, 0.6) is 5.75 Å². The molecule has 2 aromatic carbocycles. The number of ether oxygens (including phenoxy) is 1. The highest BCUT2D eigenvalue weighted by molar-refractivity contribution is 6.01. The molecular formula is C19H15FN4O. The summed E-state index contributed by atoms with van der Waals surface area (Å²) in [7, 11) is 1.63. The zero-order valence-electron chi connectivity index (χ0n) is 13.5. The Morgan fingerprint density at radius 3 is 2.40 bits per heavy atom. The minimum atomic E-state index is -0.287. The summed E-state index contributed by atoms with van der Waals surface area (Å²) in [6, 6.07) is 13.9. The Hall–Kier alpha value is -3.41. The summed E-state index contributed by atoms with van der Waals surface area (Å²) >= 11 is 0. The molecule has 6 heteroatoms. The second kappa shape index (κ2) is 5.90. The van der Waals surface area contributed by atoms with Gasteiger partial charge >= 0.3 is 0 Å². The van der Waals surface area contributed by atoms with Gasteiger partial charge in [0, 0.05) is 17.4 Å². The van der Waals surface area contributed by atoms with Gasteiger partial charge in [0.1, 0.15) is 23.7 Å². The van der Waals surface area contributed by atoms with Crippen LogP contribution in [0, 0.1) is 5.82 Å². The average Bonchev–Trinajstić information content (AvgIpc) is 3.03. The van der Waals surface area contributed by atoms with E-state index in [0.717, 1.165) is 28.0 Å². The van der Waals surface area contributed by atoms with Gasteiger partial charge in [-0.15, -0.1) is 0 Å². The van der Waals surface area contributed by atoms with E-state index in [4.69, 9.17) is 10.5 Å². The van der Waals surface area contributed by atoms with E-state index in [1.807, 2.05) is 35.0 Å². The first-order valence-corrected chi connectivity index (χ1v) is 7.69. The van der Waals surface area contributed by atoms with E-state index in [-0.39, 0.29) is 5.82 Å². The van der Waals surface area contributed by atoms with E-state index in [2.05, 4.69) is 9.97 Å². The van der Waals surface area contributed by atoms with Crippen LogP contribution in [0.2, 0.25) is 0 Å². The molecule has 25 heavy (non-hydrogen) atoms. The molecule has 0 aliphatic carbocycles. The van der Waals surface area contributed by atoms with Gasteiger partial charge in [-0.2, -0.15) is 0 Å². The number of nitrogen functional groups attached to an aromatic ring is 1. The molecular weight excluding hydrogens is 319 g/mol. The second-order valence-electron chi connectivity index (χ2n) is 5.58. The van der Waals surface area contributed by atoms with Gasteiger partial charge in [0.15, 0.2) is 5.65 Å². The van der Waals surface area contributed by atoms with E-state index in [0.29, 0.717) is 11.5 Å². The van der Waals surface area contributed by atoms with Gasteiger partial charge < -0.3 is 15.0 Å². The Kier molecular flexibility index (Phi) is 3.57. The molecule has 0 aliphatic heterocycles. The molecule has 4 aromatic rings. The highest BCUT2D eigenvalue weighted by Crippen LogP contribution is 2.34. The van der Waals surface area contributed by atoms with Gasteiger partial charge in [-0.25, -0.2) is 14.4 Å². The van der Waals surface area contributed by atoms with E-state index < -0.39 is 0 Å². The smallest absolute Gasteiger partial charge is 0.150 e. The van der Waals surface area contributed by atoms with E-state index in [1.165, 1.54) is 18.5 Å². The van der Waals surface area contributed by atoms with E-state index >= 15 is 0 Å². The molecule has 2 aromatic heterocycles. The fourth-order valence-electron chi connectivity index (χ4n) is 2.87. The van der Waals surface area contributed by atoms with Crippen molar-refractivity contribution in [1.29, 1.82) is 0 Å². The number of anilines is 1. The molecule has 2 N–H and O–H groups in total. The molecule has 0 bridgehead atoms. The van der Waals surface area contributed by atoms with Gasteiger partial charge in [-0.1, -0.05) is 12.1 Å². The van der Waals surface area contributed by atoms with Crippen LogP contribution in [-0.4, -0.2) is 21.6 Å². The summed E-state index contributed by atoms with van der Waals surface area (Å²) in [5.74, 6) is 0.886. The molecule has 0 saturated carbocycles. The Balaban J connectivity index is 1.96. The first kappa shape index (κ1) is 15.1. The minimum absolute atomic E-state index is 0.287. The van der Waals surface area contributed by atoms with Gasteiger partial charge in [0.05, 0.1) is 12.5 Å². The number of aromatic nitrogens is 3. The van der Waals surface area contributed by atoms with Crippen LogP contribution in [0.3, 0.4) is 0 Å². The maximum atomic E-state index is 13.3. The third kappa shape index (κ3) is 2.57. The normalized spacial score (nSPS) is 11.0. The molecule has 4 rings (SSSR count). The Bertz CT molecular complexity index is 1040. The third-order valence-electron chi connectivity index (χ3n) is 4.12. The molecule has 0 fully saturated rings. The Labute approximate surface area is 143 Å². The third-order valence-corrected chi connectivity index (χ3v) is 4.12. The van der Waals surface area contributed by atoms with Crippen molar-refractivity contribution >= 4 is 16.9 Å². The van der Waals surface area contributed by atoms with Crippen LogP contribution in [-0.2, 0) is 0 Å². The molecule has 124 valence electrons. The van der Waals surface area contributed by atoms with Crippen molar-refractivity contribution in [3.63, 3.8) is 0 Å². The van der Waals surface area contributed by atoms with Crippen molar-refractivity contribution in [2.75, 3.05) is 12.8 Å². The van der Waals surface area contributed by atoms with Crippen molar-refractivity contribution in [2.24, 2.45) is 0 Å². The number of hydrogen-bond acceptors (Lipinski definition) is 4. The molecule has 0 atom stereocenters. The lowest BCUT2D eigenvalue weighted by atomic mass is 10.1. The summed E-state index contributed by atoms with van der Waals surface area (Å²) in [5.41, 5.74) is 9.45. The van der Waals surface area contributed by atoms with Crippen LogP contribution in [0.1, 0.15) is 0 Å². The largest absolute Gasteiger partial charge is 0.497 e. The highest BCUT2D eigenvalue weighted by atomic mass is 19.1. The van der Waals surface area contributed by atoms with Crippen molar-refractivity contribution in [2.45, 2.75) is 0 Å². The number of halogens is 1. The zero-order chi connectivity index (χ0) is 17.4. The first-order chi connectivity index (χ1) is 12.2. The van der Waals surface area contributed by atoms with Gasteiger partial charge in [-0.3, -0.25) is 0 Å². The number of rotatable bonds is 3. The molecule has 5 nitrogen and oxygen atoms in total. The number of hydrogen-bond donors (Lipinski definition) is 1. The monoisotopic (exact) mass is 334 g/mol. The number of benzene rings is 2. The zero-order valence-corrected chi connectivity index (χ0v) is 13.5. The summed E-state index contributed by atoms with van der Waals surface area (Å²) in [4.78, 5) is 8.49. The second-order valence-corrected chi connectivity index (χ2v) is 5.58. The minimum Gasteiger partial charge on any atom is -0.497 e. The Morgan fingerprint density at radius 2 is 1.72 bits per heavy atom. The van der Waals surface area contributed by atoms with Crippen LogP contribution in [0.15, 0.2) is 61.1 Å². The molecule has 2 heterocycles. The van der Waals surface area contributed by atoms with Crippen molar-refractivity contribution < 1.29 is 9.13 Å². The average molecular weight is 334 g/mol. The molecule has 0 saturated heterocycles. The number of fused-ring (bicyclic) bond motifs is 1. The number of methoxy groups -OCH3 is 1.